The molecule has 0 aliphatic rings. The lowest BCUT2D eigenvalue weighted by Gasteiger charge is -2.07. The first-order valence-corrected chi connectivity index (χ1v) is 6.63. The molecule has 0 saturated heterocycles. The third-order valence-corrected chi connectivity index (χ3v) is 4.01. The van der Waals surface area contributed by atoms with Gasteiger partial charge in [-0.1, -0.05) is 13.8 Å². The van der Waals surface area contributed by atoms with Crippen molar-refractivity contribution in [1.29, 1.82) is 0 Å². The van der Waals surface area contributed by atoms with E-state index in [2.05, 4.69) is 39.7 Å². The molecule has 84 valence electrons. The second-order valence-electron chi connectivity index (χ2n) is 3.79. The molecule has 2 aromatic rings. The molecule has 5 heteroatoms. The third-order valence-electron chi connectivity index (χ3n) is 2.18. The van der Waals surface area contributed by atoms with Crippen LogP contribution in [-0.4, -0.2) is 9.97 Å². The van der Waals surface area contributed by atoms with Gasteiger partial charge in [-0.2, -0.15) is 0 Å². The van der Waals surface area contributed by atoms with Crippen LogP contribution in [0.5, 0.6) is 0 Å². The highest BCUT2D eigenvalue weighted by Gasteiger charge is 2.11. The number of hydrogen-bond donors (Lipinski definition) is 1. The Bertz CT molecular complexity index is 508. The number of thiophene rings is 1. The van der Waals surface area contributed by atoms with Crippen molar-refractivity contribution in [3.8, 4) is 10.7 Å². The second-order valence-corrected chi connectivity index (χ2v) is 5.56. The number of anilines is 1. The van der Waals surface area contributed by atoms with Crippen LogP contribution >= 0.6 is 27.3 Å². The Morgan fingerprint density at radius 1 is 1.38 bits per heavy atom. The Labute approximate surface area is 107 Å². The molecule has 0 unspecified atom stereocenters. The van der Waals surface area contributed by atoms with Crippen molar-refractivity contribution < 1.29 is 0 Å². The minimum Gasteiger partial charge on any atom is -0.384 e. The molecule has 16 heavy (non-hydrogen) atoms. The average Bonchev–Trinajstić information content (AvgIpc) is 2.63. The van der Waals surface area contributed by atoms with Gasteiger partial charge < -0.3 is 5.73 Å². The Hall–Kier alpha value is -0.940. The molecule has 2 aromatic heterocycles. The fraction of sp³-hybridized carbons (Fsp3) is 0.273. The quantitative estimate of drug-likeness (QED) is 0.920. The van der Waals surface area contributed by atoms with Crippen molar-refractivity contribution in [1.82, 2.24) is 9.97 Å². The lowest BCUT2D eigenvalue weighted by atomic mass is 10.1. The molecule has 2 rings (SSSR count). The second kappa shape index (κ2) is 4.51. The standard InChI is InChI=1S/C11H12BrN3S/c1-6(2)8-5-9(13)15-11(14-8)10-7(12)3-4-16-10/h3-6H,1-2H3,(H2,13,14,15). The van der Waals surface area contributed by atoms with Crippen LogP contribution in [0.1, 0.15) is 25.5 Å². The van der Waals surface area contributed by atoms with Crippen molar-refractivity contribution >= 4 is 33.1 Å². The number of halogens is 1. The predicted octanol–water partition coefficient (Wildman–Crippen LogP) is 3.67. The number of nitrogens with two attached hydrogens (primary N) is 1. The molecule has 2 N–H and O–H groups in total. The molecule has 2 heterocycles. The van der Waals surface area contributed by atoms with Gasteiger partial charge in [-0.15, -0.1) is 11.3 Å². The summed E-state index contributed by atoms with van der Waals surface area (Å²) in [6, 6.07) is 3.82. The van der Waals surface area contributed by atoms with Gasteiger partial charge in [0.2, 0.25) is 0 Å². The van der Waals surface area contributed by atoms with Crippen molar-refractivity contribution in [3.05, 3.63) is 27.7 Å². The van der Waals surface area contributed by atoms with Crippen LogP contribution in [0.3, 0.4) is 0 Å². The molecule has 0 amide bonds. The van der Waals surface area contributed by atoms with Gasteiger partial charge in [-0.05, 0) is 33.3 Å². The molecule has 0 bridgehead atoms. The highest BCUT2D eigenvalue weighted by Crippen LogP contribution is 2.32. The summed E-state index contributed by atoms with van der Waals surface area (Å²) in [5.74, 6) is 1.57. The maximum atomic E-state index is 5.79. The Morgan fingerprint density at radius 3 is 2.69 bits per heavy atom. The van der Waals surface area contributed by atoms with Gasteiger partial charge in [0.1, 0.15) is 5.82 Å². The highest BCUT2D eigenvalue weighted by atomic mass is 79.9. The molecule has 0 spiro atoms. The third kappa shape index (κ3) is 2.25. The average molecular weight is 298 g/mol. The van der Waals surface area contributed by atoms with E-state index in [1.807, 2.05) is 17.5 Å². The minimum absolute atomic E-state index is 0.350. The number of aromatic nitrogens is 2. The summed E-state index contributed by atoms with van der Waals surface area (Å²) in [4.78, 5) is 9.81. The van der Waals surface area contributed by atoms with E-state index in [1.54, 1.807) is 11.3 Å². The van der Waals surface area contributed by atoms with Gasteiger partial charge >= 0.3 is 0 Å². The van der Waals surface area contributed by atoms with E-state index < -0.39 is 0 Å². The SMILES string of the molecule is CC(C)c1cc(N)nc(-c2sccc2Br)n1. The van der Waals surface area contributed by atoms with E-state index in [1.165, 1.54) is 0 Å². The first-order valence-electron chi connectivity index (χ1n) is 4.95. The van der Waals surface area contributed by atoms with Gasteiger partial charge in [0.05, 0.1) is 4.88 Å². The molecule has 0 radical (unpaired) electrons. The van der Waals surface area contributed by atoms with Crippen LogP contribution in [0, 0.1) is 0 Å². The van der Waals surface area contributed by atoms with E-state index in [4.69, 9.17) is 5.73 Å². The van der Waals surface area contributed by atoms with Gasteiger partial charge in [-0.25, -0.2) is 9.97 Å². The van der Waals surface area contributed by atoms with Gasteiger partial charge in [0.15, 0.2) is 5.82 Å². The minimum atomic E-state index is 0.350. The van der Waals surface area contributed by atoms with E-state index in [0.717, 1.165) is 15.0 Å². The van der Waals surface area contributed by atoms with Gasteiger partial charge in [0.25, 0.3) is 0 Å². The summed E-state index contributed by atoms with van der Waals surface area (Å²) in [6.45, 7) is 4.18. The van der Waals surface area contributed by atoms with Crippen molar-refractivity contribution in [2.45, 2.75) is 19.8 Å². The van der Waals surface area contributed by atoms with Crippen LogP contribution in [-0.2, 0) is 0 Å². The van der Waals surface area contributed by atoms with Crippen molar-refractivity contribution in [2.75, 3.05) is 5.73 Å². The topological polar surface area (TPSA) is 51.8 Å². The number of nitrogen functional groups attached to an aromatic ring is 1. The van der Waals surface area contributed by atoms with Crippen LogP contribution in [0.2, 0.25) is 0 Å². The summed E-state index contributed by atoms with van der Waals surface area (Å²) in [7, 11) is 0. The molecule has 0 aliphatic heterocycles. The molecule has 0 aromatic carbocycles. The zero-order valence-electron chi connectivity index (χ0n) is 9.07. The fourth-order valence-corrected chi connectivity index (χ4v) is 2.82. The number of hydrogen-bond acceptors (Lipinski definition) is 4. The predicted molar refractivity (Wildman–Crippen MR) is 71.5 cm³/mol. The summed E-state index contributed by atoms with van der Waals surface area (Å²) in [5.41, 5.74) is 6.77. The Morgan fingerprint density at radius 2 is 2.12 bits per heavy atom. The zero-order chi connectivity index (χ0) is 11.7. The summed E-state index contributed by atoms with van der Waals surface area (Å²) < 4.78 is 1.01. The van der Waals surface area contributed by atoms with E-state index >= 15 is 0 Å². The maximum absolute atomic E-state index is 5.79. The fourth-order valence-electron chi connectivity index (χ4n) is 1.34. The lowest BCUT2D eigenvalue weighted by Crippen LogP contribution is -2.01. The number of nitrogens with zero attached hydrogens (tertiary/aromatic N) is 2. The molecule has 0 fully saturated rings. The van der Waals surface area contributed by atoms with Crippen molar-refractivity contribution in [3.63, 3.8) is 0 Å². The largest absolute Gasteiger partial charge is 0.384 e. The summed E-state index contributed by atoms with van der Waals surface area (Å²) in [5, 5.41) is 2.00. The number of rotatable bonds is 2. The normalized spacial score (nSPS) is 11.0. The van der Waals surface area contributed by atoms with E-state index in [-0.39, 0.29) is 0 Å². The monoisotopic (exact) mass is 297 g/mol. The highest BCUT2D eigenvalue weighted by molar-refractivity contribution is 9.10. The van der Waals surface area contributed by atoms with E-state index in [9.17, 15) is 0 Å². The van der Waals surface area contributed by atoms with E-state index in [0.29, 0.717) is 17.6 Å². The van der Waals surface area contributed by atoms with Crippen LogP contribution < -0.4 is 5.73 Å². The molecule has 3 nitrogen and oxygen atoms in total. The van der Waals surface area contributed by atoms with Crippen molar-refractivity contribution in [2.24, 2.45) is 0 Å². The first-order chi connectivity index (χ1) is 7.58. The molecule has 0 atom stereocenters. The van der Waals surface area contributed by atoms with Crippen LogP contribution in [0.15, 0.2) is 22.0 Å². The zero-order valence-corrected chi connectivity index (χ0v) is 11.5. The molecule has 0 aliphatic carbocycles. The lowest BCUT2D eigenvalue weighted by molar-refractivity contribution is 0.818. The Balaban J connectivity index is 2.54. The maximum Gasteiger partial charge on any atom is 0.173 e. The summed E-state index contributed by atoms with van der Waals surface area (Å²) >= 11 is 5.08. The van der Waals surface area contributed by atoms with Crippen LogP contribution in [0.25, 0.3) is 10.7 Å². The van der Waals surface area contributed by atoms with Gasteiger partial charge in [-0.3, -0.25) is 0 Å². The first kappa shape index (κ1) is 11.5. The smallest absolute Gasteiger partial charge is 0.173 e. The summed E-state index contributed by atoms with van der Waals surface area (Å²) in [6.07, 6.45) is 0. The Kier molecular flexibility index (Phi) is 3.25. The van der Waals surface area contributed by atoms with Crippen LogP contribution in [0.4, 0.5) is 5.82 Å². The van der Waals surface area contributed by atoms with Gasteiger partial charge in [0, 0.05) is 16.2 Å². The molecular weight excluding hydrogens is 286 g/mol. The molecule has 0 saturated carbocycles. The molecular formula is C11H12BrN3S.